The summed E-state index contributed by atoms with van der Waals surface area (Å²) in [4.78, 5) is 4.95. The van der Waals surface area contributed by atoms with Crippen LogP contribution in [-0.2, 0) is 32.5 Å². The summed E-state index contributed by atoms with van der Waals surface area (Å²) in [7, 11) is 0. The van der Waals surface area contributed by atoms with Crippen LogP contribution in [0.2, 0.25) is 0 Å². The summed E-state index contributed by atoms with van der Waals surface area (Å²) in [6, 6.07) is 87.2. The van der Waals surface area contributed by atoms with Crippen LogP contribution in [0.15, 0.2) is 321 Å². The Morgan fingerprint density at radius 1 is 0.235 bits per heavy atom. The van der Waals surface area contributed by atoms with E-state index in [2.05, 4.69) is 276 Å². The molecule has 0 fully saturated rings. The van der Waals surface area contributed by atoms with Crippen molar-refractivity contribution in [1.29, 1.82) is 0 Å². The minimum atomic E-state index is -0.843. The fourth-order valence-corrected chi connectivity index (χ4v) is 17.6. The standard InChI is InChI=1S/C114H107BN4/c1-109(2,3)80-50-56-90-91-57-51-81(110(4,5)6)65-99(91)116(98(90)64-80)86-54-60-96-102(70-86)118(107-88(76-36-27-21-28-37-76)40-31-41-89(107)77-38-29-22-30-39-77)104-68-85(114(16,17)18)69-105-106(104)115(96)97-61-55-87(117-100-66-82(111(7,8)9)52-58-92(100)93-59-53-83(67-101(93)117)112(10,11)12)71-103(97)119(105)108-94(78-46-42-74(43-47-78)72-32-23-19-24-33-72)62-84(113(13,14)15)63-95(108)79-48-44-75(45-49-79)73-34-25-20-26-35-73/h19-71H,1-18H3/i50D,51D,52D,53D,56D,57D,58D,59D,64D,65D,66D,67D. The maximum absolute atomic E-state index is 10.8. The lowest BCUT2D eigenvalue weighted by atomic mass is 9.33. The van der Waals surface area contributed by atoms with Crippen molar-refractivity contribution in [3.63, 3.8) is 0 Å². The van der Waals surface area contributed by atoms with Gasteiger partial charge in [0.25, 0.3) is 6.71 Å². The number of benzene rings is 15. The molecule has 19 rings (SSSR count). The lowest BCUT2D eigenvalue weighted by Crippen LogP contribution is -2.61. The Hall–Kier alpha value is -12.4. The van der Waals surface area contributed by atoms with Gasteiger partial charge >= 0.3 is 0 Å². The number of anilines is 6. The van der Waals surface area contributed by atoms with Gasteiger partial charge in [-0.1, -0.05) is 373 Å². The maximum atomic E-state index is 10.8. The quantitative estimate of drug-likeness (QED) is 0.127. The molecular formula is C114H107BN4. The zero-order chi connectivity index (χ0) is 93.2. The first-order valence-corrected chi connectivity index (χ1v) is 41.9. The van der Waals surface area contributed by atoms with Crippen molar-refractivity contribution in [1.82, 2.24) is 9.13 Å². The first kappa shape index (κ1) is 63.7. The molecule has 2 aliphatic heterocycles. The summed E-state index contributed by atoms with van der Waals surface area (Å²) in [5.74, 6) is 0. The van der Waals surface area contributed by atoms with Crippen molar-refractivity contribution in [2.45, 2.75) is 157 Å². The van der Waals surface area contributed by atoms with Crippen LogP contribution in [0.5, 0.6) is 0 Å². The van der Waals surface area contributed by atoms with Gasteiger partial charge in [-0.15, -0.1) is 0 Å². The summed E-state index contributed by atoms with van der Waals surface area (Å²) in [5.41, 5.74) is 20.2. The summed E-state index contributed by atoms with van der Waals surface area (Å²) >= 11 is 0. The zero-order valence-electron chi connectivity index (χ0n) is 83.5. The van der Waals surface area contributed by atoms with Crippen LogP contribution in [0.1, 0.15) is 174 Å². The number of para-hydroxylation sites is 1. The summed E-state index contributed by atoms with van der Waals surface area (Å²) in [6.07, 6.45) is 0. The fourth-order valence-electron chi connectivity index (χ4n) is 17.6. The average molecular weight is 1560 g/mol. The van der Waals surface area contributed by atoms with Crippen LogP contribution < -0.4 is 26.2 Å². The van der Waals surface area contributed by atoms with Gasteiger partial charge in [0.05, 0.1) is 49.9 Å². The van der Waals surface area contributed by atoms with Gasteiger partial charge in [0.1, 0.15) is 0 Å². The Morgan fingerprint density at radius 3 is 0.815 bits per heavy atom. The summed E-state index contributed by atoms with van der Waals surface area (Å²) < 4.78 is 127. The third-order valence-electron chi connectivity index (χ3n) is 24.2. The number of rotatable bonds is 10. The molecule has 0 aliphatic carbocycles. The first-order valence-electron chi connectivity index (χ1n) is 47.9. The smallest absolute Gasteiger partial charge is 0.252 e. The zero-order valence-corrected chi connectivity index (χ0v) is 71.5. The van der Waals surface area contributed by atoms with Crippen LogP contribution >= 0.6 is 0 Å². The molecule has 0 saturated carbocycles. The number of nitrogens with zero attached hydrogens (tertiary/aromatic N) is 4. The molecule has 0 bridgehead atoms. The predicted molar refractivity (Wildman–Crippen MR) is 514 cm³/mol. The Kier molecular flexibility index (Phi) is 15.1. The Labute approximate surface area is 722 Å². The van der Waals surface area contributed by atoms with Crippen molar-refractivity contribution in [2.75, 3.05) is 9.80 Å². The van der Waals surface area contributed by atoms with Gasteiger partial charge in [-0.25, -0.2) is 0 Å². The molecule has 17 aromatic rings. The van der Waals surface area contributed by atoms with Gasteiger partial charge in [0.2, 0.25) is 0 Å². The minimum Gasteiger partial charge on any atom is -0.310 e. The topological polar surface area (TPSA) is 16.3 Å². The van der Waals surface area contributed by atoms with Crippen molar-refractivity contribution in [3.8, 4) is 78.1 Å². The van der Waals surface area contributed by atoms with E-state index >= 15 is 0 Å². The monoisotopic (exact) mass is 1550 g/mol. The largest absolute Gasteiger partial charge is 0.310 e. The van der Waals surface area contributed by atoms with E-state index in [-0.39, 0.29) is 116 Å². The molecule has 2 aromatic heterocycles. The Bertz CT molecular complexity index is 7290. The van der Waals surface area contributed by atoms with Gasteiger partial charge in [-0.3, -0.25) is 0 Å². The summed E-state index contributed by atoms with van der Waals surface area (Å²) in [6.45, 7) is 36.3. The SMILES string of the molecule is [2H]c1c(C(C)(C)C)c([2H])c2c(c1[2H])c1c([2H])c([2H])c(C(C)(C)C)c([2H])c1n2-c1ccc2c(c1)N(c1c(-c3ccccc3)cccc1-c1ccccc1)c1cc(C(C)(C)C)cc3c1B2c1ccc(-n2c4c([2H])c(C(C)(C)C)c([2H])c([2H])c4c4c([2H])c([2H])c(C(C)(C)C)c([2H])c42)cc1N3c1c(-c2ccc(-c3ccccc3)cc2)cc(C(C)(C)C)cc1-c1ccc(-c2ccccc2)cc1. The highest BCUT2D eigenvalue weighted by atomic mass is 15.2. The second-order valence-electron chi connectivity index (χ2n) is 38.8. The van der Waals surface area contributed by atoms with Gasteiger partial charge in [0, 0.05) is 77.9 Å². The molecule has 119 heavy (non-hydrogen) atoms. The summed E-state index contributed by atoms with van der Waals surface area (Å²) in [5, 5.41) is 0.612. The van der Waals surface area contributed by atoms with Crippen molar-refractivity contribution in [3.05, 3.63) is 355 Å². The molecule has 2 aliphatic rings. The molecule has 0 amide bonds. The number of aromatic nitrogens is 2. The normalized spacial score (nSPS) is 14.7. The molecular weight excluding hydrogens is 1440 g/mol. The van der Waals surface area contributed by atoms with Crippen LogP contribution in [0.25, 0.3) is 122 Å². The second-order valence-corrected chi connectivity index (χ2v) is 38.8. The average Bonchev–Trinajstić information content (AvgIpc) is 1.51. The van der Waals surface area contributed by atoms with Crippen LogP contribution in [-0.4, -0.2) is 15.8 Å². The second kappa shape index (κ2) is 28.1. The predicted octanol–water partition coefficient (Wildman–Crippen LogP) is 29.8. The van der Waals surface area contributed by atoms with Crippen molar-refractivity contribution < 1.29 is 16.4 Å². The molecule has 15 aromatic carbocycles. The minimum absolute atomic E-state index is 0.0149. The van der Waals surface area contributed by atoms with E-state index in [0.717, 1.165) is 128 Å². The lowest BCUT2D eigenvalue weighted by molar-refractivity contribution is 0.590. The van der Waals surface area contributed by atoms with Gasteiger partial charge in [0.15, 0.2) is 0 Å². The molecule has 586 valence electrons. The molecule has 0 N–H and O–H groups in total. The third kappa shape index (κ3) is 13.3. The molecule has 0 atom stereocenters. The van der Waals surface area contributed by atoms with E-state index < -0.39 is 39.2 Å². The number of fused-ring (bicyclic) bond motifs is 10. The Balaban J connectivity index is 1.04. The van der Waals surface area contributed by atoms with Crippen LogP contribution in [0.4, 0.5) is 34.1 Å². The number of hydrogen-bond donors (Lipinski definition) is 0. The van der Waals surface area contributed by atoms with Crippen LogP contribution in [0, 0.1) is 0 Å². The van der Waals surface area contributed by atoms with E-state index in [9.17, 15) is 16.4 Å². The van der Waals surface area contributed by atoms with Crippen molar-refractivity contribution in [2.24, 2.45) is 0 Å². The fraction of sp³-hybridized carbons (Fsp3) is 0.211. The Morgan fingerprint density at radius 2 is 0.504 bits per heavy atom. The van der Waals surface area contributed by atoms with Gasteiger partial charge < -0.3 is 18.9 Å². The molecule has 5 heteroatoms. The van der Waals surface area contributed by atoms with E-state index in [1.165, 1.54) is 0 Å². The number of hydrogen-bond acceptors (Lipinski definition) is 2. The first-order chi connectivity index (χ1) is 61.9. The highest BCUT2D eigenvalue weighted by molar-refractivity contribution is 7.00. The third-order valence-corrected chi connectivity index (χ3v) is 24.2. The maximum Gasteiger partial charge on any atom is 0.252 e. The molecule has 0 unspecified atom stereocenters. The highest BCUT2D eigenvalue weighted by Gasteiger charge is 2.47. The van der Waals surface area contributed by atoms with Crippen LogP contribution in [0.3, 0.4) is 0 Å². The molecule has 4 nitrogen and oxygen atoms in total. The molecule has 0 radical (unpaired) electrons. The molecule has 0 spiro atoms. The molecule has 4 heterocycles. The van der Waals surface area contributed by atoms with Gasteiger partial charge in [-0.05, 0) is 199 Å². The van der Waals surface area contributed by atoms with Gasteiger partial charge in [-0.2, -0.15) is 0 Å². The highest BCUT2D eigenvalue weighted by Crippen LogP contribution is 2.56. The van der Waals surface area contributed by atoms with E-state index in [4.69, 9.17) is 0 Å². The van der Waals surface area contributed by atoms with E-state index in [1.807, 2.05) is 116 Å². The lowest BCUT2D eigenvalue weighted by Gasteiger charge is -2.46. The van der Waals surface area contributed by atoms with E-state index in [0.29, 0.717) is 33.6 Å². The van der Waals surface area contributed by atoms with Crippen molar-refractivity contribution >= 4 is 101 Å². The molecule has 0 saturated heterocycles. The van der Waals surface area contributed by atoms with E-state index in [1.54, 1.807) is 0 Å².